The van der Waals surface area contributed by atoms with Crippen LogP contribution in [0.25, 0.3) is 0 Å². The summed E-state index contributed by atoms with van der Waals surface area (Å²) in [4.78, 5) is 22.3. The summed E-state index contributed by atoms with van der Waals surface area (Å²) in [6.07, 6.45) is 8.14. The smallest absolute Gasteiger partial charge is 0.247 e. The molecular weight excluding hydrogens is 170 g/mol. The van der Waals surface area contributed by atoms with Crippen molar-refractivity contribution in [1.82, 2.24) is 14.8 Å². The molecule has 13 heavy (non-hydrogen) atoms. The third-order valence-corrected chi connectivity index (χ3v) is 2.00. The SMILES string of the molecule is O=c1[nH][nH]c(=O)n1C1C=CC=CC1. The van der Waals surface area contributed by atoms with Crippen LogP contribution < -0.4 is 11.4 Å². The molecule has 1 aromatic rings. The highest BCUT2D eigenvalue weighted by atomic mass is 16.2. The second kappa shape index (κ2) is 2.93. The molecule has 1 aromatic heterocycles. The fraction of sp³-hybridized carbons (Fsp3) is 0.250. The van der Waals surface area contributed by atoms with E-state index >= 15 is 0 Å². The maximum atomic E-state index is 11.2. The molecule has 0 saturated heterocycles. The first-order valence-electron chi connectivity index (χ1n) is 4.01. The fourth-order valence-electron chi connectivity index (χ4n) is 1.38. The van der Waals surface area contributed by atoms with E-state index in [2.05, 4.69) is 10.2 Å². The average molecular weight is 179 g/mol. The van der Waals surface area contributed by atoms with Gasteiger partial charge in [-0.2, -0.15) is 0 Å². The van der Waals surface area contributed by atoms with Crippen LogP contribution in [0.3, 0.4) is 0 Å². The zero-order chi connectivity index (χ0) is 9.26. The van der Waals surface area contributed by atoms with Crippen LogP contribution in [0.2, 0.25) is 0 Å². The largest absolute Gasteiger partial charge is 0.344 e. The standard InChI is InChI=1S/C8H9N3O2/c12-7-9-10-8(13)11(7)6-4-2-1-3-5-6/h1-4,6H,5H2,(H,9,12)(H,10,13). The van der Waals surface area contributed by atoms with E-state index in [1.54, 1.807) is 0 Å². The van der Waals surface area contributed by atoms with Crippen molar-refractivity contribution in [3.63, 3.8) is 0 Å². The summed E-state index contributed by atoms with van der Waals surface area (Å²) in [6, 6.07) is -0.160. The second-order valence-electron chi connectivity index (χ2n) is 2.85. The number of hydrogen-bond acceptors (Lipinski definition) is 2. The molecule has 0 fully saturated rings. The molecule has 1 unspecified atom stereocenters. The Morgan fingerprint density at radius 1 is 1.23 bits per heavy atom. The van der Waals surface area contributed by atoms with Gasteiger partial charge in [0.15, 0.2) is 0 Å². The van der Waals surface area contributed by atoms with Crippen LogP contribution in [0.1, 0.15) is 12.5 Å². The zero-order valence-electron chi connectivity index (χ0n) is 6.86. The van der Waals surface area contributed by atoms with Gasteiger partial charge in [0, 0.05) is 0 Å². The van der Waals surface area contributed by atoms with Gasteiger partial charge >= 0.3 is 11.4 Å². The minimum absolute atomic E-state index is 0.160. The molecule has 0 radical (unpaired) electrons. The Balaban J connectivity index is 2.46. The Morgan fingerprint density at radius 2 is 1.92 bits per heavy atom. The lowest BCUT2D eigenvalue weighted by Crippen LogP contribution is -2.30. The molecule has 2 rings (SSSR count). The number of aromatic amines is 2. The molecule has 0 bridgehead atoms. The normalized spacial score (nSPS) is 20.8. The number of nitrogens with zero attached hydrogens (tertiary/aromatic N) is 1. The van der Waals surface area contributed by atoms with Gasteiger partial charge in [-0.15, -0.1) is 0 Å². The maximum Gasteiger partial charge on any atom is 0.344 e. The van der Waals surface area contributed by atoms with E-state index in [-0.39, 0.29) is 6.04 Å². The lowest BCUT2D eigenvalue weighted by atomic mass is 10.1. The number of aromatic nitrogens is 3. The summed E-state index contributed by atoms with van der Waals surface area (Å²) in [7, 11) is 0. The molecule has 0 aromatic carbocycles. The molecule has 0 saturated carbocycles. The Kier molecular flexibility index (Phi) is 1.77. The van der Waals surface area contributed by atoms with Gasteiger partial charge in [-0.25, -0.2) is 24.4 Å². The Morgan fingerprint density at radius 3 is 2.46 bits per heavy atom. The minimum atomic E-state index is -0.394. The van der Waals surface area contributed by atoms with Crippen molar-refractivity contribution in [2.24, 2.45) is 0 Å². The van der Waals surface area contributed by atoms with E-state index in [4.69, 9.17) is 0 Å². The van der Waals surface area contributed by atoms with Gasteiger partial charge in [0.05, 0.1) is 6.04 Å². The Labute approximate surface area is 73.4 Å². The average Bonchev–Trinajstić information content (AvgIpc) is 2.48. The van der Waals surface area contributed by atoms with E-state index in [0.717, 1.165) is 0 Å². The van der Waals surface area contributed by atoms with E-state index in [9.17, 15) is 9.59 Å². The second-order valence-corrected chi connectivity index (χ2v) is 2.85. The lowest BCUT2D eigenvalue weighted by molar-refractivity contribution is 0.570. The van der Waals surface area contributed by atoms with Crippen molar-refractivity contribution in [2.75, 3.05) is 0 Å². The molecule has 0 amide bonds. The third-order valence-electron chi connectivity index (χ3n) is 2.00. The van der Waals surface area contributed by atoms with E-state index in [1.807, 2.05) is 24.3 Å². The number of nitrogens with one attached hydrogen (secondary N) is 2. The summed E-state index contributed by atoms with van der Waals surface area (Å²) >= 11 is 0. The van der Waals surface area contributed by atoms with Crippen molar-refractivity contribution in [1.29, 1.82) is 0 Å². The maximum absolute atomic E-state index is 11.2. The van der Waals surface area contributed by atoms with Gasteiger partial charge in [-0.1, -0.05) is 24.3 Å². The summed E-state index contributed by atoms with van der Waals surface area (Å²) in [5.74, 6) is 0. The predicted octanol–water partition coefficient (Wildman–Crippen LogP) is -0.0781. The van der Waals surface area contributed by atoms with Gasteiger partial charge in [0.25, 0.3) is 0 Å². The summed E-state index contributed by atoms with van der Waals surface area (Å²) < 4.78 is 1.17. The van der Waals surface area contributed by atoms with Crippen LogP contribution in [0.5, 0.6) is 0 Å². The molecule has 5 heteroatoms. The number of allylic oxidation sites excluding steroid dienone is 4. The molecule has 2 N–H and O–H groups in total. The van der Waals surface area contributed by atoms with Crippen LogP contribution in [0, 0.1) is 0 Å². The third kappa shape index (κ3) is 1.28. The minimum Gasteiger partial charge on any atom is -0.247 e. The number of hydrogen-bond donors (Lipinski definition) is 2. The molecular formula is C8H9N3O2. The summed E-state index contributed by atoms with van der Waals surface area (Å²) in [5, 5.41) is 4.49. The highest BCUT2D eigenvalue weighted by molar-refractivity contribution is 5.12. The summed E-state index contributed by atoms with van der Waals surface area (Å²) in [6.45, 7) is 0. The topological polar surface area (TPSA) is 70.7 Å². The van der Waals surface area contributed by atoms with E-state index in [1.165, 1.54) is 4.57 Å². The Bertz CT molecular complexity index is 433. The molecule has 1 atom stereocenters. The van der Waals surface area contributed by atoms with Crippen LogP contribution in [0.4, 0.5) is 0 Å². The molecule has 0 spiro atoms. The van der Waals surface area contributed by atoms with E-state index < -0.39 is 11.4 Å². The first-order valence-corrected chi connectivity index (χ1v) is 4.01. The molecule has 1 heterocycles. The quantitative estimate of drug-likeness (QED) is 0.633. The van der Waals surface area contributed by atoms with Crippen molar-refractivity contribution in [3.05, 3.63) is 45.3 Å². The predicted molar refractivity (Wildman–Crippen MR) is 47.6 cm³/mol. The van der Waals surface area contributed by atoms with Crippen LogP contribution >= 0.6 is 0 Å². The molecule has 1 aliphatic carbocycles. The van der Waals surface area contributed by atoms with Crippen LogP contribution in [0.15, 0.2) is 33.9 Å². The number of H-pyrrole nitrogens is 2. The fourth-order valence-corrected chi connectivity index (χ4v) is 1.38. The van der Waals surface area contributed by atoms with Gasteiger partial charge in [0.2, 0.25) is 0 Å². The van der Waals surface area contributed by atoms with Crippen LogP contribution in [-0.2, 0) is 0 Å². The van der Waals surface area contributed by atoms with Crippen molar-refractivity contribution in [3.8, 4) is 0 Å². The molecule has 0 aliphatic heterocycles. The van der Waals surface area contributed by atoms with Gasteiger partial charge in [0.1, 0.15) is 0 Å². The first kappa shape index (κ1) is 7.85. The van der Waals surface area contributed by atoms with Crippen molar-refractivity contribution < 1.29 is 0 Å². The number of rotatable bonds is 1. The molecule has 68 valence electrons. The Hall–Kier alpha value is -1.78. The summed E-state index contributed by atoms with van der Waals surface area (Å²) in [5.41, 5.74) is -0.787. The van der Waals surface area contributed by atoms with Crippen LogP contribution in [-0.4, -0.2) is 14.8 Å². The molecule has 1 aliphatic rings. The van der Waals surface area contributed by atoms with Gasteiger partial charge in [-0.05, 0) is 6.42 Å². The monoisotopic (exact) mass is 179 g/mol. The lowest BCUT2D eigenvalue weighted by Gasteiger charge is -2.11. The zero-order valence-corrected chi connectivity index (χ0v) is 6.86. The van der Waals surface area contributed by atoms with Gasteiger partial charge < -0.3 is 0 Å². The van der Waals surface area contributed by atoms with E-state index in [0.29, 0.717) is 6.42 Å². The van der Waals surface area contributed by atoms with Crippen molar-refractivity contribution >= 4 is 0 Å². The van der Waals surface area contributed by atoms with Crippen molar-refractivity contribution in [2.45, 2.75) is 12.5 Å². The highest BCUT2D eigenvalue weighted by Gasteiger charge is 2.13. The van der Waals surface area contributed by atoms with Gasteiger partial charge in [-0.3, -0.25) is 0 Å². The molecule has 5 nitrogen and oxygen atoms in total. The first-order chi connectivity index (χ1) is 6.29. The highest BCUT2D eigenvalue weighted by Crippen LogP contribution is 2.13.